The molecule has 2 aromatic heterocycles. The highest BCUT2D eigenvalue weighted by Gasteiger charge is 2.11. The number of amides is 1. The zero-order valence-corrected chi connectivity index (χ0v) is 16.8. The summed E-state index contributed by atoms with van der Waals surface area (Å²) in [7, 11) is 0. The maximum absolute atomic E-state index is 12.4. The molecule has 2 aromatic carbocycles. The van der Waals surface area contributed by atoms with E-state index in [9.17, 15) is 4.79 Å². The van der Waals surface area contributed by atoms with E-state index >= 15 is 0 Å². The molecule has 2 heterocycles. The van der Waals surface area contributed by atoms with E-state index in [1.54, 1.807) is 0 Å². The highest BCUT2D eigenvalue weighted by atomic mass is 16.5. The van der Waals surface area contributed by atoms with Crippen molar-refractivity contribution < 1.29 is 9.53 Å². The number of ether oxygens (including phenoxy) is 1. The van der Waals surface area contributed by atoms with Gasteiger partial charge in [-0.25, -0.2) is 4.98 Å². The topological polar surface area (TPSA) is 55.6 Å². The molecule has 29 heavy (non-hydrogen) atoms. The molecule has 1 N–H and O–H groups in total. The monoisotopic (exact) mass is 385 g/mol. The molecule has 4 rings (SSSR count). The van der Waals surface area contributed by atoms with Crippen molar-refractivity contribution in [1.82, 2.24) is 9.38 Å². The Kier molecular flexibility index (Phi) is 5.04. The number of carbonyl (C=O) groups is 1. The van der Waals surface area contributed by atoms with Crippen LogP contribution >= 0.6 is 0 Å². The van der Waals surface area contributed by atoms with Gasteiger partial charge in [0.2, 0.25) is 0 Å². The number of hydrogen-bond acceptors (Lipinski definition) is 3. The second-order valence-electron chi connectivity index (χ2n) is 7.18. The first-order chi connectivity index (χ1) is 14.0. The zero-order valence-electron chi connectivity index (χ0n) is 16.8. The molecule has 0 spiro atoms. The molecule has 0 aliphatic rings. The Morgan fingerprint density at radius 3 is 2.59 bits per heavy atom. The fourth-order valence-corrected chi connectivity index (χ4v) is 3.26. The van der Waals surface area contributed by atoms with Gasteiger partial charge in [-0.15, -0.1) is 0 Å². The number of aryl methyl sites for hydroxylation is 3. The molecule has 0 aliphatic heterocycles. The molecule has 146 valence electrons. The van der Waals surface area contributed by atoms with Crippen molar-refractivity contribution in [3.8, 4) is 17.0 Å². The largest absolute Gasteiger partial charge is 0.483 e. The quantitative estimate of drug-likeness (QED) is 0.529. The lowest BCUT2D eigenvalue weighted by Gasteiger charge is -2.12. The Hall–Kier alpha value is -3.60. The summed E-state index contributed by atoms with van der Waals surface area (Å²) in [5.41, 5.74) is 6.61. The molecule has 4 aromatic rings. The van der Waals surface area contributed by atoms with Crippen LogP contribution in [0.3, 0.4) is 0 Å². The summed E-state index contributed by atoms with van der Waals surface area (Å²) in [4.78, 5) is 17.2. The van der Waals surface area contributed by atoms with Crippen LogP contribution in [0.5, 0.6) is 5.75 Å². The minimum absolute atomic E-state index is 0.0396. The Bertz CT molecular complexity index is 1190. The molecule has 0 atom stereocenters. The van der Waals surface area contributed by atoms with Gasteiger partial charge < -0.3 is 14.5 Å². The number of aromatic nitrogens is 2. The van der Waals surface area contributed by atoms with E-state index in [1.165, 1.54) is 0 Å². The third-order valence-corrected chi connectivity index (χ3v) is 4.94. The standard InChI is InChI=1S/C24H23N3O2/c1-16-10-11-19(21-14-27-12-6-8-18(3)24(27)26-21)13-20(16)25-23(28)15-29-22-9-5-4-7-17(22)2/h4-14H,15H2,1-3H3,(H,25,28). The molecule has 0 aliphatic carbocycles. The SMILES string of the molecule is Cc1ccc(-c2cn3cccc(C)c3n2)cc1NC(=O)COc1ccccc1C. The van der Waals surface area contributed by atoms with Crippen molar-refractivity contribution in [2.45, 2.75) is 20.8 Å². The number of nitrogens with zero attached hydrogens (tertiary/aromatic N) is 2. The van der Waals surface area contributed by atoms with Gasteiger partial charge in [0.25, 0.3) is 5.91 Å². The zero-order chi connectivity index (χ0) is 20.4. The molecule has 0 saturated carbocycles. The van der Waals surface area contributed by atoms with E-state index in [1.807, 2.05) is 92.2 Å². The van der Waals surface area contributed by atoms with E-state index in [-0.39, 0.29) is 12.5 Å². The van der Waals surface area contributed by atoms with Crippen LogP contribution in [-0.4, -0.2) is 21.9 Å². The third kappa shape index (κ3) is 3.99. The molecular formula is C24H23N3O2. The van der Waals surface area contributed by atoms with Crippen LogP contribution in [0.1, 0.15) is 16.7 Å². The third-order valence-electron chi connectivity index (χ3n) is 4.94. The summed E-state index contributed by atoms with van der Waals surface area (Å²) in [6.45, 7) is 5.93. The lowest BCUT2D eigenvalue weighted by atomic mass is 10.1. The molecule has 0 saturated heterocycles. The molecule has 0 bridgehead atoms. The number of fused-ring (bicyclic) bond motifs is 1. The van der Waals surface area contributed by atoms with Gasteiger partial charge in [-0.3, -0.25) is 4.79 Å². The van der Waals surface area contributed by atoms with Crippen molar-refractivity contribution in [3.63, 3.8) is 0 Å². The fraction of sp³-hybridized carbons (Fsp3) is 0.167. The number of hydrogen-bond donors (Lipinski definition) is 1. The molecule has 1 amide bonds. The van der Waals surface area contributed by atoms with Crippen LogP contribution in [0.25, 0.3) is 16.9 Å². The summed E-state index contributed by atoms with van der Waals surface area (Å²) in [5, 5.41) is 2.96. The second-order valence-corrected chi connectivity index (χ2v) is 7.18. The smallest absolute Gasteiger partial charge is 0.262 e. The first kappa shape index (κ1) is 18.7. The predicted molar refractivity (Wildman–Crippen MR) is 115 cm³/mol. The summed E-state index contributed by atoms with van der Waals surface area (Å²) in [5.74, 6) is 0.521. The second kappa shape index (κ2) is 7.80. The maximum Gasteiger partial charge on any atom is 0.262 e. The van der Waals surface area contributed by atoms with Gasteiger partial charge in [0, 0.05) is 23.6 Å². The number of nitrogens with one attached hydrogen (secondary N) is 1. The van der Waals surface area contributed by atoms with Crippen molar-refractivity contribution in [2.75, 3.05) is 11.9 Å². The number of anilines is 1. The van der Waals surface area contributed by atoms with E-state index in [0.29, 0.717) is 5.75 Å². The van der Waals surface area contributed by atoms with Gasteiger partial charge in [0.05, 0.1) is 5.69 Å². The summed E-state index contributed by atoms with van der Waals surface area (Å²) >= 11 is 0. The van der Waals surface area contributed by atoms with E-state index in [2.05, 4.69) is 5.32 Å². The minimum Gasteiger partial charge on any atom is -0.483 e. The Balaban J connectivity index is 1.52. The maximum atomic E-state index is 12.4. The average molecular weight is 385 g/mol. The van der Waals surface area contributed by atoms with Gasteiger partial charge in [0.15, 0.2) is 6.61 Å². The average Bonchev–Trinajstić information content (AvgIpc) is 3.15. The summed E-state index contributed by atoms with van der Waals surface area (Å²) in [6, 6.07) is 17.7. The Labute approximate surface area is 170 Å². The first-order valence-corrected chi connectivity index (χ1v) is 9.55. The highest BCUT2D eigenvalue weighted by molar-refractivity contribution is 5.93. The minimum atomic E-state index is -0.195. The number of benzene rings is 2. The lowest BCUT2D eigenvalue weighted by molar-refractivity contribution is -0.118. The van der Waals surface area contributed by atoms with E-state index in [0.717, 1.165) is 39.3 Å². The van der Waals surface area contributed by atoms with Crippen LogP contribution in [0.4, 0.5) is 5.69 Å². The van der Waals surface area contributed by atoms with E-state index < -0.39 is 0 Å². The molecule has 0 radical (unpaired) electrons. The summed E-state index contributed by atoms with van der Waals surface area (Å²) in [6.07, 6.45) is 3.98. The molecule has 5 nitrogen and oxygen atoms in total. The molecule has 0 fully saturated rings. The van der Waals surface area contributed by atoms with Gasteiger partial charge >= 0.3 is 0 Å². The fourth-order valence-electron chi connectivity index (χ4n) is 3.26. The first-order valence-electron chi connectivity index (χ1n) is 9.55. The van der Waals surface area contributed by atoms with Crippen molar-refractivity contribution >= 4 is 17.2 Å². The molecule has 0 unspecified atom stereocenters. The van der Waals surface area contributed by atoms with Crippen LogP contribution in [0.15, 0.2) is 67.0 Å². The Morgan fingerprint density at radius 1 is 1.00 bits per heavy atom. The van der Waals surface area contributed by atoms with E-state index in [4.69, 9.17) is 9.72 Å². The highest BCUT2D eigenvalue weighted by Crippen LogP contribution is 2.26. The van der Waals surface area contributed by atoms with Gasteiger partial charge in [-0.1, -0.05) is 36.4 Å². The predicted octanol–water partition coefficient (Wildman–Crippen LogP) is 4.94. The molecule has 5 heteroatoms. The van der Waals surface area contributed by atoms with Crippen LogP contribution < -0.4 is 10.1 Å². The van der Waals surface area contributed by atoms with Crippen LogP contribution in [0.2, 0.25) is 0 Å². The van der Waals surface area contributed by atoms with Crippen molar-refractivity contribution in [1.29, 1.82) is 0 Å². The van der Waals surface area contributed by atoms with Crippen LogP contribution in [0, 0.1) is 20.8 Å². The lowest BCUT2D eigenvalue weighted by Crippen LogP contribution is -2.20. The Morgan fingerprint density at radius 2 is 1.79 bits per heavy atom. The normalized spacial score (nSPS) is 10.9. The number of pyridine rings is 1. The van der Waals surface area contributed by atoms with Crippen molar-refractivity contribution in [3.05, 3.63) is 83.7 Å². The van der Waals surface area contributed by atoms with Crippen LogP contribution in [-0.2, 0) is 4.79 Å². The number of rotatable bonds is 5. The van der Waals surface area contributed by atoms with Gasteiger partial charge in [-0.05, 0) is 55.7 Å². The molecular weight excluding hydrogens is 362 g/mol. The summed E-state index contributed by atoms with van der Waals surface area (Å²) < 4.78 is 7.66. The van der Waals surface area contributed by atoms with Crippen molar-refractivity contribution in [2.24, 2.45) is 0 Å². The van der Waals surface area contributed by atoms with Gasteiger partial charge in [-0.2, -0.15) is 0 Å². The van der Waals surface area contributed by atoms with Gasteiger partial charge in [0.1, 0.15) is 11.4 Å². The number of para-hydroxylation sites is 1. The number of carbonyl (C=O) groups excluding carboxylic acids is 1. The number of imidazole rings is 1.